The molecule has 1 aromatic heterocycles. The van der Waals surface area contributed by atoms with E-state index in [2.05, 4.69) is 25.7 Å². The number of imide groups is 2. The second kappa shape index (κ2) is 18.6. The zero-order chi connectivity index (χ0) is 41.3. The number of amides is 4. The molecule has 58 heavy (non-hydrogen) atoms. The second-order valence-corrected chi connectivity index (χ2v) is 13.8. The molecular weight excluding hydrogens is 754 g/mol. The Bertz CT molecular complexity index is 2440. The summed E-state index contributed by atoms with van der Waals surface area (Å²) in [4.78, 5) is 73.5. The van der Waals surface area contributed by atoms with Crippen molar-refractivity contribution in [3.63, 3.8) is 0 Å². The molecule has 4 aromatic carbocycles. The third-order valence-electron chi connectivity index (χ3n) is 9.99. The van der Waals surface area contributed by atoms with Crippen LogP contribution in [0.1, 0.15) is 45.6 Å². The van der Waals surface area contributed by atoms with Crippen molar-refractivity contribution in [2.75, 3.05) is 29.4 Å². The van der Waals surface area contributed by atoms with E-state index in [4.69, 9.17) is 11.6 Å². The second-order valence-electron chi connectivity index (χ2n) is 13.4. The number of allylic oxidation sites excluding steroid dienone is 4. The van der Waals surface area contributed by atoms with Gasteiger partial charge in [-0.3, -0.25) is 19.0 Å². The lowest BCUT2D eigenvalue weighted by Gasteiger charge is -2.34. The van der Waals surface area contributed by atoms with Crippen LogP contribution in [-0.4, -0.2) is 51.5 Å². The van der Waals surface area contributed by atoms with E-state index in [1.165, 1.54) is 31.8 Å². The lowest BCUT2D eigenvalue weighted by molar-refractivity contribution is -0.278. The van der Waals surface area contributed by atoms with Crippen molar-refractivity contribution in [2.24, 2.45) is 0 Å². The summed E-state index contributed by atoms with van der Waals surface area (Å²) in [6, 6.07) is 32.3. The van der Waals surface area contributed by atoms with Crippen molar-refractivity contribution in [1.82, 2.24) is 14.0 Å². The van der Waals surface area contributed by atoms with Crippen molar-refractivity contribution >= 4 is 46.9 Å². The number of anilines is 2. The average molecular weight is 797 g/mol. The molecule has 4 amide bonds. The van der Waals surface area contributed by atoms with E-state index in [-0.39, 0.29) is 38.9 Å². The van der Waals surface area contributed by atoms with Gasteiger partial charge in [0.25, 0.3) is 17.4 Å². The molecule has 2 aliphatic rings. The van der Waals surface area contributed by atoms with Crippen LogP contribution in [-0.2, 0) is 9.59 Å². The van der Waals surface area contributed by atoms with Crippen LogP contribution in [0.5, 0.6) is 5.88 Å². The number of benzene rings is 4. The Morgan fingerprint density at radius 3 is 1.47 bits per heavy atom. The van der Waals surface area contributed by atoms with Crippen LogP contribution in [0.3, 0.4) is 0 Å². The maximum absolute atomic E-state index is 13.9. The van der Waals surface area contributed by atoms with Gasteiger partial charge in [-0.25, -0.2) is 24.0 Å². The Hall–Kier alpha value is -6.56. The van der Waals surface area contributed by atoms with Crippen LogP contribution in [0, 0.1) is 0 Å². The van der Waals surface area contributed by atoms with Gasteiger partial charge in [-0.1, -0.05) is 105 Å². The zero-order valence-electron chi connectivity index (χ0n) is 32.5. The number of halogens is 1. The number of hydrogen-bond donors (Lipinski definition) is 0. The molecule has 1 saturated heterocycles. The molecule has 0 spiro atoms. The number of urea groups is 1. The summed E-state index contributed by atoms with van der Waals surface area (Å²) < 4.78 is 1.88. The number of barbiturate groups is 1. The maximum atomic E-state index is 13.9. The molecule has 0 bridgehead atoms. The third-order valence-corrected chi connectivity index (χ3v) is 10.5. The molecule has 12 heteroatoms. The first-order valence-corrected chi connectivity index (χ1v) is 19.5. The van der Waals surface area contributed by atoms with E-state index >= 15 is 0 Å². The molecule has 1 aliphatic carbocycles. The standard InChI is InChI=1S/C40H29ClN4O6.C6H15N/c41-34-26(24-32-35(46)42(28-16-5-1-6-17-28)39(50)43(36(32)47)29-18-7-2-8-19-29)14-13-15-27(34)25-33-37(48)44(30-20-9-3-10-21-30)40(51)45(38(33)49)31-22-11-4-12-23-31;1-4-7(5-2)6-3/h1-12,16-25,46H,13-15H2;4-6H2,1-3H3/p-1/b26-24+;. The predicted octanol–water partition coefficient (Wildman–Crippen LogP) is 7.60. The first-order valence-electron chi connectivity index (χ1n) is 19.2. The summed E-state index contributed by atoms with van der Waals surface area (Å²) in [5.41, 5.74) is -0.277. The molecule has 5 aromatic rings. The van der Waals surface area contributed by atoms with E-state index in [1.807, 2.05) is 0 Å². The summed E-state index contributed by atoms with van der Waals surface area (Å²) >= 11 is 6.97. The van der Waals surface area contributed by atoms with Crippen LogP contribution in [0.4, 0.5) is 16.2 Å². The van der Waals surface area contributed by atoms with Crippen LogP contribution in [0.15, 0.2) is 159 Å². The molecule has 2 heterocycles. The smallest absolute Gasteiger partial charge is 0.343 e. The normalized spacial score (nSPS) is 15.2. The molecule has 1 fully saturated rings. The molecule has 7 rings (SSSR count). The van der Waals surface area contributed by atoms with Gasteiger partial charge in [-0.2, -0.15) is 0 Å². The Balaban J connectivity index is 0.000000743. The van der Waals surface area contributed by atoms with Gasteiger partial charge in [0.1, 0.15) is 5.57 Å². The minimum atomic E-state index is -0.824. The monoisotopic (exact) mass is 796 g/mol. The number of para-hydroxylation sites is 4. The Morgan fingerprint density at radius 1 is 0.603 bits per heavy atom. The topological polar surface area (TPSA) is 128 Å². The van der Waals surface area contributed by atoms with Gasteiger partial charge < -0.3 is 10.0 Å². The minimum absolute atomic E-state index is 0.145. The van der Waals surface area contributed by atoms with Gasteiger partial charge in [0.15, 0.2) is 0 Å². The van der Waals surface area contributed by atoms with E-state index in [9.17, 15) is 29.1 Å². The van der Waals surface area contributed by atoms with Crippen LogP contribution in [0.25, 0.3) is 17.5 Å². The van der Waals surface area contributed by atoms with Gasteiger partial charge in [0.05, 0.1) is 22.6 Å². The molecule has 0 saturated carbocycles. The molecular formula is C46H43ClN5O6-. The van der Waals surface area contributed by atoms with E-state index in [0.717, 1.165) is 18.9 Å². The first kappa shape index (κ1) is 41.1. The van der Waals surface area contributed by atoms with Gasteiger partial charge in [-0.15, -0.1) is 0 Å². The lowest BCUT2D eigenvalue weighted by atomic mass is 9.91. The van der Waals surface area contributed by atoms with Gasteiger partial charge in [0, 0.05) is 10.7 Å². The highest BCUT2D eigenvalue weighted by molar-refractivity contribution is 6.45. The van der Waals surface area contributed by atoms with Crippen molar-refractivity contribution in [3.05, 3.63) is 176 Å². The number of carbonyl (C=O) groups excluding carboxylic acids is 3. The van der Waals surface area contributed by atoms with E-state index in [1.54, 1.807) is 121 Å². The fourth-order valence-corrected chi connectivity index (χ4v) is 7.16. The number of rotatable bonds is 9. The highest BCUT2D eigenvalue weighted by Crippen LogP contribution is 2.37. The van der Waals surface area contributed by atoms with Crippen LogP contribution in [0.2, 0.25) is 0 Å². The van der Waals surface area contributed by atoms with Gasteiger partial charge >= 0.3 is 11.7 Å². The molecule has 0 N–H and O–H groups in total. The molecule has 296 valence electrons. The fourth-order valence-electron chi connectivity index (χ4n) is 6.86. The molecule has 11 nitrogen and oxygen atoms in total. The Kier molecular flexibility index (Phi) is 13.2. The number of nitrogens with zero attached hydrogens (tertiary/aromatic N) is 5. The van der Waals surface area contributed by atoms with E-state index in [0.29, 0.717) is 30.4 Å². The zero-order valence-corrected chi connectivity index (χ0v) is 33.3. The highest BCUT2D eigenvalue weighted by Gasteiger charge is 2.44. The molecule has 0 radical (unpaired) electrons. The maximum Gasteiger partial charge on any atom is 0.343 e. The molecule has 0 unspecified atom stereocenters. The minimum Gasteiger partial charge on any atom is -0.859 e. The first-order chi connectivity index (χ1) is 28.1. The predicted molar refractivity (Wildman–Crippen MR) is 227 cm³/mol. The fraction of sp³-hybridized carbons (Fsp3) is 0.196. The number of carbonyl (C=O) groups is 3. The van der Waals surface area contributed by atoms with Gasteiger partial charge in [-0.05, 0) is 117 Å². The van der Waals surface area contributed by atoms with Crippen LogP contribution >= 0.6 is 11.6 Å². The Morgan fingerprint density at radius 2 is 1.03 bits per heavy atom. The molecule has 1 aliphatic heterocycles. The molecule has 0 atom stereocenters. The van der Waals surface area contributed by atoms with E-state index < -0.39 is 35.0 Å². The van der Waals surface area contributed by atoms with Crippen molar-refractivity contribution in [1.29, 1.82) is 0 Å². The third kappa shape index (κ3) is 8.41. The SMILES string of the molecule is CCN(CC)CC.O=C1C(=CC2=C(Cl)/C(=C/c3c([O-])n(-c4ccccc4)c(=O)n(-c4ccccc4)c3=O)CCC2)C(=O)N(c2ccccc2)C(=O)N1c1ccccc1. The van der Waals surface area contributed by atoms with Gasteiger partial charge in [0.2, 0.25) is 0 Å². The number of aromatic nitrogens is 2. The summed E-state index contributed by atoms with van der Waals surface area (Å²) in [5, 5.41) is 14.1. The summed E-state index contributed by atoms with van der Waals surface area (Å²) in [5.74, 6) is -2.46. The van der Waals surface area contributed by atoms with Crippen molar-refractivity contribution in [3.8, 4) is 17.3 Å². The number of hydrogen-bond acceptors (Lipinski definition) is 7. The van der Waals surface area contributed by atoms with Crippen LogP contribution < -0.4 is 26.2 Å². The highest BCUT2D eigenvalue weighted by atomic mass is 35.5. The quantitative estimate of drug-likeness (QED) is 0.111. The van der Waals surface area contributed by atoms with Crippen molar-refractivity contribution in [2.45, 2.75) is 40.0 Å². The summed E-state index contributed by atoms with van der Waals surface area (Å²) in [7, 11) is 0. The summed E-state index contributed by atoms with van der Waals surface area (Å²) in [6.07, 6.45) is 4.00. The largest absolute Gasteiger partial charge is 0.859 e. The average Bonchev–Trinajstić information content (AvgIpc) is 3.24. The Labute approximate surface area is 341 Å². The lowest BCUT2D eigenvalue weighted by Crippen LogP contribution is -2.57. The summed E-state index contributed by atoms with van der Waals surface area (Å²) in [6.45, 7) is 10.1. The van der Waals surface area contributed by atoms with Crippen molar-refractivity contribution < 1.29 is 19.5 Å².